The average molecular weight is 282 g/mol. The van der Waals surface area contributed by atoms with Crippen LogP contribution in [0.4, 0.5) is 8.78 Å². The molecule has 2 unspecified atom stereocenters. The van der Waals surface area contributed by atoms with Gasteiger partial charge in [0.05, 0.1) is 0 Å². The smallest absolute Gasteiger partial charge is 0.279 e. The fourth-order valence-corrected chi connectivity index (χ4v) is 2.12. The topological polar surface area (TPSA) is 67.4 Å². The molecule has 2 N–H and O–H groups in total. The molecule has 20 heavy (non-hydrogen) atoms. The van der Waals surface area contributed by atoms with E-state index in [1.807, 2.05) is 17.6 Å². The number of para-hydroxylation sites is 1. The van der Waals surface area contributed by atoms with Gasteiger partial charge >= 0.3 is 0 Å². The van der Waals surface area contributed by atoms with E-state index in [0.29, 0.717) is 12.2 Å². The number of hydrazine groups is 1. The molecule has 0 radical (unpaired) electrons. The van der Waals surface area contributed by atoms with E-state index in [-0.39, 0.29) is 0 Å². The van der Waals surface area contributed by atoms with Crippen LogP contribution >= 0.6 is 0 Å². The number of alkyl halides is 2. The average Bonchev–Trinajstić information content (AvgIpc) is 2.88. The Bertz CT molecular complexity index is 551. The number of fused-ring (bicyclic) bond motifs is 1. The Hall–Kier alpha value is -2.18. The van der Waals surface area contributed by atoms with Crippen LogP contribution in [-0.4, -0.2) is 23.8 Å². The van der Waals surface area contributed by atoms with Gasteiger partial charge < -0.3 is 4.74 Å². The summed E-state index contributed by atoms with van der Waals surface area (Å²) in [5.41, 5.74) is 5.02. The molecule has 1 aromatic rings. The van der Waals surface area contributed by atoms with Crippen LogP contribution in [-0.2, 0) is 16.0 Å². The van der Waals surface area contributed by atoms with Crippen molar-refractivity contribution in [1.29, 1.82) is 0 Å². The minimum absolute atomic E-state index is 0.386. The summed E-state index contributed by atoms with van der Waals surface area (Å²) in [6.07, 6.45) is -0.843. The lowest BCUT2D eigenvalue weighted by Crippen LogP contribution is -2.48. The largest absolute Gasteiger partial charge is 0.480 e. The molecule has 1 aliphatic carbocycles. The molecule has 0 bridgehead atoms. The predicted molar refractivity (Wildman–Crippen MR) is 63.9 cm³/mol. The van der Waals surface area contributed by atoms with Crippen molar-refractivity contribution in [3.63, 3.8) is 0 Å². The van der Waals surface area contributed by atoms with Gasteiger partial charge in [0.1, 0.15) is 11.7 Å². The van der Waals surface area contributed by atoms with Gasteiger partial charge in [-0.3, -0.25) is 20.4 Å². The fourth-order valence-electron chi connectivity index (χ4n) is 2.12. The molecule has 0 aromatic heterocycles. The molecule has 2 atom stereocenters. The van der Waals surface area contributed by atoms with Crippen LogP contribution in [0.25, 0.3) is 0 Å². The van der Waals surface area contributed by atoms with Gasteiger partial charge in [0.2, 0.25) is 5.91 Å². The van der Waals surface area contributed by atoms with Crippen molar-refractivity contribution in [2.45, 2.75) is 24.9 Å². The second kappa shape index (κ2) is 4.43. The summed E-state index contributed by atoms with van der Waals surface area (Å²) in [5, 5.41) is 0. The van der Waals surface area contributed by atoms with Crippen LogP contribution in [0.15, 0.2) is 24.3 Å². The monoisotopic (exact) mass is 282 g/mol. The zero-order valence-corrected chi connectivity index (χ0v) is 10.4. The number of benzene rings is 1. The highest BCUT2D eigenvalue weighted by Gasteiger charge is 2.61. The molecule has 0 spiro atoms. The lowest BCUT2D eigenvalue weighted by molar-refractivity contribution is -0.134. The summed E-state index contributed by atoms with van der Waals surface area (Å²) in [6, 6.07) is 7.20. The zero-order valence-electron chi connectivity index (χ0n) is 10.4. The standard InChI is InChI=1S/C13H12F2N2O3/c14-13(15)6-8(13)11(18)16-17-12(19)10-5-7-3-1-2-4-9(7)20-10/h1-4,8,10H,5-6H2,(H,16,18)(H,17,19). The lowest BCUT2D eigenvalue weighted by atomic mass is 10.1. The van der Waals surface area contributed by atoms with E-state index in [2.05, 4.69) is 5.43 Å². The molecule has 1 aliphatic heterocycles. The van der Waals surface area contributed by atoms with Crippen molar-refractivity contribution in [3.8, 4) is 5.75 Å². The lowest BCUT2D eigenvalue weighted by Gasteiger charge is -2.12. The number of nitrogens with one attached hydrogen (secondary N) is 2. The summed E-state index contributed by atoms with van der Waals surface area (Å²) in [6.45, 7) is 0. The third-order valence-electron chi connectivity index (χ3n) is 3.39. The Morgan fingerprint density at radius 3 is 2.50 bits per heavy atom. The number of halogens is 2. The molecule has 1 heterocycles. The Labute approximate surface area is 113 Å². The number of hydrogen-bond donors (Lipinski definition) is 2. The van der Waals surface area contributed by atoms with Crippen molar-refractivity contribution in [2.24, 2.45) is 5.92 Å². The van der Waals surface area contributed by atoms with Crippen LogP contribution in [0, 0.1) is 5.92 Å². The van der Waals surface area contributed by atoms with Crippen LogP contribution < -0.4 is 15.6 Å². The molecule has 106 valence electrons. The molecule has 1 aromatic carbocycles. The van der Waals surface area contributed by atoms with Crippen molar-refractivity contribution in [2.75, 3.05) is 0 Å². The van der Waals surface area contributed by atoms with Gasteiger partial charge in [-0.25, -0.2) is 8.78 Å². The molecular formula is C13H12F2N2O3. The highest BCUT2D eigenvalue weighted by atomic mass is 19.3. The number of hydrogen-bond acceptors (Lipinski definition) is 3. The van der Waals surface area contributed by atoms with Crippen molar-refractivity contribution < 1.29 is 23.1 Å². The molecule has 5 nitrogen and oxygen atoms in total. The maximum absolute atomic E-state index is 12.7. The van der Waals surface area contributed by atoms with E-state index in [1.165, 1.54) is 0 Å². The van der Waals surface area contributed by atoms with Crippen molar-refractivity contribution in [3.05, 3.63) is 29.8 Å². The summed E-state index contributed by atoms with van der Waals surface area (Å²) < 4.78 is 30.7. The van der Waals surface area contributed by atoms with Gasteiger partial charge in [-0.05, 0) is 11.6 Å². The van der Waals surface area contributed by atoms with Gasteiger partial charge in [-0.2, -0.15) is 0 Å². The second-order valence-electron chi connectivity index (χ2n) is 4.91. The molecule has 0 saturated heterocycles. The Morgan fingerprint density at radius 2 is 1.85 bits per heavy atom. The van der Waals surface area contributed by atoms with E-state index in [1.54, 1.807) is 12.1 Å². The van der Waals surface area contributed by atoms with E-state index < -0.39 is 36.2 Å². The molecule has 1 saturated carbocycles. The Balaban J connectivity index is 1.51. The van der Waals surface area contributed by atoms with Crippen molar-refractivity contribution >= 4 is 11.8 Å². The van der Waals surface area contributed by atoms with E-state index in [4.69, 9.17) is 4.74 Å². The number of carbonyl (C=O) groups is 2. The summed E-state index contributed by atoms with van der Waals surface area (Å²) >= 11 is 0. The van der Waals surface area contributed by atoms with Crippen LogP contribution in [0.3, 0.4) is 0 Å². The minimum Gasteiger partial charge on any atom is -0.480 e. The number of rotatable bonds is 2. The van der Waals surface area contributed by atoms with Gasteiger partial charge in [0.25, 0.3) is 11.8 Å². The first-order valence-electron chi connectivity index (χ1n) is 6.19. The summed E-state index contributed by atoms with van der Waals surface area (Å²) in [5.74, 6) is -5.11. The normalized spacial score (nSPS) is 25.3. The van der Waals surface area contributed by atoms with Gasteiger partial charge in [0.15, 0.2) is 6.10 Å². The number of carbonyl (C=O) groups excluding carboxylic acids is 2. The first kappa shape index (κ1) is 12.8. The zero-order chi connectivity index (χ0) is 14.3. The fraction of sp³-hybridized carbons (Fsp3) is 0.385. The number of amides is 2. The molecule has 3 rings (SSSR count). The maximum Gasteiger partial charge on any atom is 0.279 e. The Morgan fingerprint density at radius 1 is 1.20 bits per heavy atom. The van der Waals surface area contributed by atoms with Crippen LogP contribution in [0.2, 0.25) is 0 Å². The minimum atomic E-state index is -2.95. The second-order valence-corrected chi connectivity index (χ2v) is 4.91. The summed E-state index contributed by atoms with van der Waals surface area (Å²) in [7, 11) is 0. The molecule has 2 aliphatic rings. The highest BCUT2D eigenvalue weighted by Crippen LogP contribution is 2.48. The molecule has 1 fully saturated rings. The van der Waals surface area contributed by atoms with E-state index in [9.17, 15) is 18.4 Å². The third-order valence-corrected chi connectivity index (χ3v) is 3.39. The van der Waals surface area contributed by atoms with E-state index >= 15 is 0 Å². The van der Waals surface area contributed by atoms with Gasteiger partial charge in [0, 0.05) is 12.8 Å². The van der Waals surface area contributed by atoms with Crippen molar-refractivity contribution in [1.82, 2.24) is 10.9 Å². The number of ether oxygens (including phenoxy) is 1. The first-order chi connectivity index (χ1) is 9.47. The van der Waals surface area contributed by atoms with Gasteiger partial charge in [-0.1, -0.05) is 18.2 Å². The SMILES string of the molecule is O=C(NNC(=O)C1CC1(F)F)C1Cc2ccccc2O1. The Kier molecular flexibility index (Phi) is 2.84. The summed E-state index contributed by atoms with van der Waals surface area (Å²) in [4.78, 5) is 23.1. The quantitative estimate of drug-likeness (QED) is 0.788. The first-order valence-corrected chi connectivity index (χ1v) is 6.19. The van der Waals surface area contributed by atoms with Crippen LogP contribution in [0.1, 0.15) is 12.0 Å². The van der Waals surface area contributed by atoms with Crippen LogP contribution in [0.5, 0.6) is 5.75 Å². The predicted octanol–water partition coefficient (Wildman–Crippen LogP) is 0.793. The molecular weight excluding hydrogens is 270 g/mol. The van der Waals surface area contributed by atoms with E-state index in [0.717, 1.165) is 5.56 Å². The van der Waals surface area contributed by atoms with Gasteiger partial charge in [-0.15, -0.1) is 0 Å². The highest BCUT2D eigenvalue weighted by molar-refractivity contribution is 5.88. The third kappa shape index (κ3) is 2.31. The molecule has 7 heteroatoms. The maximum atomic E-state index is 12.7. The molecule has 2 amide bonds.